The van der Waals surface area contributed by atoms with Gasteiger partial charge in [0.05, 0.1) is 4.90 Å². The number of hydrogen-bond acceptors (Lipinski definition) is 4. The minimum Gasteiger partial charge on any atom is -0.369 e. The van der Waals surface area contributed by atoms with Gasteiger partial charge in [0.15, 0.2) is 0 Å². The molecule has 0 aliphatic carbocycles. The Morgan fingerprint density at radius 3 is 2.52 bits per heavy atom. The second-order valence-electron chi connectivity index (χ2n) is 7.54. The SMILES string of the molecule is Cc1ccc(Cl)cc1N1CCN(S(=O)(=O)c2ccc3c(c2)CCCC(=O)N3)CC1. The third-order valence-electron chi connectivity index (χ3n) is 5.59. The van der Waals surface area contributed by atoms with Crippen LogP contribution in [0.3, 0.4) is 0 Å². The van der Waals surface area contributed by atoms with E-state index in [0.29, 0.717) is 54.6 Å². The average molecular weight is 434 g/mol. The highest BCUT2D eigenvalue weighted by Gasteiger charge is 2.30. The predicted octanol–water partition coefficient (Wildman–Crippen LogP) is 3.43. The highest BCUT2D eigenvalue weighted by atomic mass is 35.5. The third kappa shape index (κ3) is 4.13. The van der Waals surface area contributed by atoms with Crippen molar-refractivity contribution < 1.29 is 13.2 Å². The maximum absolute atomic E-state index is 13.2. The summed E-state index contributed by atoms with van der Waals surface area (Å²) in [6.45, 7) is 4.09. The third-order valence-corrected chi connectivity index (χ3v) is 7.72. The maximum atomic E-state index is 13.2. The minimum atomic E-state index is -3.58. The lowest BCUT2D eigenvalue weighted by atomic mass is 10.1. The van der Waals surface area contributed by atoms with Crippen LogP contribution in [0.15, 0.2) is 41.3 Å². The van der Waals surface area contributed by atoms with Crippen LogP contribution in [0.5, 0.6) is 0 Å². The second-order valence-corrected chi connectivity index (χ2v) is 9.92. The lowest BCUT2D eigenvalue weighted by Crippen LogP contribution is -2.48. The molecule has 2 heterocycles. The van der Waals surface area contributed by atoms with Gasteiger partial charge < -0.3 is 10.2 Å². The van der Waals surface area contributed by atoms with E-state index in [4.69, 9.17) is 11.6 Å². The van der Waals surface area contributed by atoms with Gasteiger partial charge in [-0.15, -0.1) is 0 Å². The van der Waals surface area contributed by atoms with Gasteiger partial charge in [0.25, 0.3) is 0 Å². The van der Waals surface area contributed by atoms with E-state index in [-0.39, 0.29) is 5.91 Å². The van der Waals surface area contributed by atoms with Crippen LogP contribution < -0.4 is 10.2 Å². The van der Waals surface area contributed by atoms with Gasteiger partial charge in [-0.25, -0.2) is 8.42 Å². The monoisotopic (exact) mass is 433 g/mol. The van der Waals surface area contributed by atoms with Gasteiger partial charge in [-0.1, -0.05) is 17.7 Å². The number of carbonyl (C=O) groups is 1. The quantitative estimate of drug-likeness (QED) is 0.805. The summed E-state index contributed by atoms with van der Waals surface area (Å²) >= 11 is 6.14. The molecule has 0 aromatic heterocycles. The van der Waals surface area contributed by atoms with E-state index >= 15 is 0 Å². The van der Waals surface area contributed by atoms with Crippen molar-refractivity contribution in [2.75, 3.05) is 36.4 Å². The number of anilines is 2. The number of benzene rings is 2. The maximum Gasteiger partial charge on any atom is 0.243 e. The Morgan fingerprint density at radius 2 is 1.76 bits per heavy atom. The van der Waals surface area contributed by atoms with Gasteiger partial charge in [0, 0.05) is 49.0 Å². The van der Waals surface area contributed by atoms with Crippen LogP contribution in [0.1, 0.15) is 24.0 Å². The van der Waals surface area contributed by atoms with Gasteiger partial charge >= 0.3 is 0 Å². The smallest absolute Gasteiger partial charge is 0.243 e. The summed E-state index contributed by atoms with van der Waals surface area (Å²) in [5.74, 6) is -0.0215. The van der Waals surface area contributed by atoms with Crippen molar-refractivity contribution in [3.05, 3.63) is 52.5 Å². The van der Waals surface area contributed by atoms with Crippen LogP contribution >= 0.6 is 11.6 Å². The number of halogens is 1. The van der Waals surface area contributed by atoms with Crippen LogP contribution in [0.4, 0.5) is 11.4 Å². The molecule has 2 aromatic rings. The lowest BCUT2D eigenvalue weighted by molar-refractivity contribution is -0.116. The van der Waals surface area contributed by atoms with Crippen molar-refractivity contribution in [3.63, 3.8) is 0 Å². The first-order valence-electron chi connectivity index (χ1n) is 9.78. The minimum absolute atomic E-state index is 0.0215. The zero-order chi connectivity index (χ0) is 20.6. The molecule has 0 saturated carbocycles. The molecule has 1 saturated heterocycles. The molecular weight excluding hydrogens is 410 g/mol. The average Bonchev–Trinajstić information content (AvgIpc) is 2.89. The molecule has 6 nitrogen and oxygen atoms in total. The first kappa shape index (κ1) is 20.2. The van der Waals surface area contributed by atoms with Crippen molar-refractivity contribution in [2.45, 2.75) is 31.1 Å². The fourth-order valence-electron chi connectivity index (χ4n) is 3.95. The number of hydrogen-bond donors (Lipinski definition) is 1. The van der Waals surface area contributed by atoms with E-state index in [0.717, 1.165) is 23.2 Å². The Balaban J connectivity index is 1.51. The zero-order valence-electron chi connectivity index (χ0n) is 16.3. The Kier molecular flexibility index (Phi) is 5.55. The first-order chi connectivity index (χ1) is 13.8. The molecule has 1 amide bonds. The molecule has 0 radical (unpaired) electrons. The molecule has 1 fully saturated rings. The molecule has 0 unspecified atom stereocenters. The summed E-state index contributed by atoms with van der Waals surface area (Å²) in [7, 11) is -3.58. The second kappa shape index (κ2) is 7.97. The van der Waals surface area contributed by atoms with Gasteiger partial charge in [0.1, 0.15) is 0 Å². The summed E-state index contributed by atoms with van der Waals surface area (Å²) in [4.78, 5) is 14.2. The molecule has 1 N–H and O–H groups in total. The number of amides is 1. The molecule has 2 aliphatic heterocycles. The summed E-state index contributed by atoms with van der Waals surface area (Å²) in [5, 5.41) is 3.53. The van der Waals surface area contributed by atoms with Crippen molar-refractivity contribution in [1.29, 1.82) is 0 Å². The lowest BCUT2D eigenvalue weighted by Gasteiger charge is -2.36. The molecule has 2 aliphatic rings. The van der Waals surface area contributed by atoms with Gasteiger partial charge in [-0.05, 0) is 61.2 Å². The normalized spacial score (nSPS) is 18.1. The van der Waals surface area contributed by atoms with Crippen molar-refractivity contribution >= 4 is 38.9 Å². The van der Waals surface area contributed by atoms with Crippen LogP contribution in [0.25, 0.3) is 0 Å². The number of rotatable bonds is 3. The summed E-state index contributed by atoms with van der Waals surface area (Å²) in [5.41, 5.74) is 3.77. The molecular formula is C21H24ClN3O3S. The highest BCUT2D eigenvalue weighted by Crippen LogP contribution is 2.29. The Morgan fingerprint density at radius 1 is 1.00 bits per heavy atom. The zero-order valence-corrected chi connectivity index (χ0v) is 17.9. The Bertz CT molecular complexity index is 1050. The van der Waals surface area contributed by atoms with Gasteiger partial charge in [-0.3, -0.25) is 4.79 Å². The molecule has 154 valence electrons. The van der Waals surface area contributed by atoms with E-state index in [9.17, 15) is 13.2 Å². The first-order valence-corrected chi connectivity index (χ1v) is 11.6. The van der Waals surface area contributed by atoms with E-state index in [2.05, 4.69) is 10.2 Å². The van der Waals surface area contributed by atoms with Crippen LogP contribution in [-0.2, 0) is 21.2 Å². The number of nitrogens with one attached hydrogen (secondary N) is 1. The Labute approximate surface area is 176 Å². The number of fused-ring (bicyclic) bond motifs is 1. The summed E-state index contributed by atoms with van der Waals surface area (Å²) in [6, 6.07) is 10.8. The standard InChI is InChI=1S/C21H24ClN3O3S/c1-15-5-6-17(22)14-20(15)24-9-11-25(12-10-24)29(27,28)18-7-8-19-16(13-18)3-2-4-21(26)23-19/h5-8,13-14H,2-4,9-12H2,1H3,(H,23,26). The molecule has 4 rings (SSSR count). The fraction of sp³-hybridized carbons (Fsp3) is 0.381. The molecule has 8 heteroatoms. The molecule has 0 atom stereocenters. The molecule has 0 bridgehead atoms. The topological polar surface area (TPSA) is 69.7 Å². The van der Waals surface area contributed by atoms with Crippen molar-refractivity contribution in [2.24, 2.45) is 0 Å². The van der Waals surface area contributed by atoms with Crippen molar-refractivity contribution in [1.82, 2.24) is 4.31 Å². The van der Waals surface area contributed by atoms with E-state index in [1.807, 2.05) is 25.1 Å². The van der Waals surface area contributed by atoms with Crippen molar-refractivity contribution in [3.8, 4) is 0 Å². The molecule has 2 aromatic carbocycles. The largest absolute Gasteiger partial charge is 0.369 e. The highest BCUT2D eigenvalue weighted by molar-refractivity contribution is 7.89. The number of nitrogens with zero attached hydrogens (tertiary/aromatic N) is 2. The van der Waals surface area contributed by atoms with Gasteiger partial charge in [0.2, 0.25) is 15.9 Å². The number of aryl methyl sites for hydroxylation is 2. The van der Waals surface area contributed by atoms with Crippen LogP contribution in [0.2, 0.25) is 5.02 Å². The van der Waals surface area contributed by atoms with E-state index in [1.165, 1.54) is 0 Å². The van der Waals surface area contributed by atoms with Gasteiger partial charge in [-0.2, -0.15) is 4.31 Å². The fourth-order valence-corrected chi connectivity index (χ4v) is 5.59. The van der Waals surface area contributed by atoms with E-state index < -0.39 is 10.0 Å². The van der Waals surface area contributed by atoms with Crippen LogP contribution in [-0.4, -0.2) is 44.8 Å². The number of carbonyl (C=O) groups excluding carboxylic acids is 1. The summed E-state index contributed by atoms with van der Waals surface area (Å²) in [6.07, 6.45) is 1.88. The number of sulfonamides is 1. The predicted molar refractivity (Wildman–Crippen MR) is 115 cm³/mol. The van der Waals surface area contributed by atoms with E-state index in [1.54, 1.807) is 22.5 Å². The Hall–Kier alpha value is -2.09. The molecule has 0 spiro atoms. The number of piperazine rings is 1. The summed E-state index contributed by atoms with van der Waals surface area (Å²) < 4.78 is 27.9. The molecule has 29 heavy (non-hydrogen) atoms. The van der Waals surface area contributed by atoms with Crippen LogP contribution in [0, 0.1) is 6.92 Å².